The average Bonchev–Trinajstić information content (AvgIpc) is 2.69. The number of benzene rings is 3. The van der Waals surface area contributed by atoms with Gasteiger partial charge in [-0.3, -0.25) is 9.69 Å². The predicted octanol–water partition coefficient (Wildman–Crippen LogP) is 5.80. The minimum atomic E-state index is -0.0730. The molecule has 3 nitrogen and oxygen atoms in total. The summed E-state index contributed by atoms with van der Waals surface area (Å²) in [5.41, 5.74) is 3.37. The maximum absolute atomic E-state index is 13.2. The first-order chi connectivity index (χ1) is 12.6. The van der Waals surface area contributed by atoms with E-state index in [2.05, 4.69) is 13.8 Å². The third kappa shape index (κ3) is 3.62. The second kappa shape index (κ2) is 7.87. The summed E-state index contributed by atoms with van der Waals surface area (Å²) in [6.07, 6.45) is 0. The fourth-order valence-corrected chi connectivity index (χ4v) is 2.99. The van der Waals surface area contributed by atoms with Crippen molar-refractivity contribution in [2.45, 2.75) is 19.8 Å². The molecule has 3 aromatic rings. The van der Waals surface area contributed by atoms with Crippen LogP contribution in [0.1, 0.15) is 35.7 Å². The molecular formula is C23H23NO2. The second-order valence-corrected chi connectivity index (χ2v) is 6.42. The van der Waals surface area contributed by atoms with E-state index in [1.165, 1.54) is 0 Å². The molecule has 0 aliphatic carbocycles. The SMILES string of the molecule is COc1cc(N(C(=O)c2ccccc2)c2ccccc2)ccc1C(C)C. The van der Waals surface area contributed by atoms with Crippen molar-refractivity contribution in [1.82, 2.24) is 0 Å². The van der Waals surface area contributed by atoms with Crippen molar-refractivity contribution in [3.8, 4) is 5.75 Å². The van der Waals surface area contributed by atoms with Crippen LogP contribution in [0.5, 0.6) is 5.75 Å². The number of nitrogens with zero attached hydrogens (tertiary/aromatic N) is 1. The number of anilines is 2. The fourth-order valence-electron chi connectivity index (χ4n) is 2.99. The van der Waals surface area contributed by atoms with Crippen molar-refractivity contribution in [1.29, 1.82) is 0 Å². The van der Waals surface area contributed by atoms with Crippen LogP contribution in [0, 0.1) is 0 Å². The Kier molecular flexibility index (Phi) is 5.37. The van der Waals surface area contributed by atoms with E-state index in [4.69, 9.17) is 4.74 Å². The summed E-state index contributed by atoms with van der Waals surface area (Å²) in [6, 6.07) is 24.9. The maximum atomic E-state index is 13.2. The van der Waals surface area contributed by atoms with Crippen LogP contribution in [-0.2, 0) is 0 Å². The molecule has 0 radical (unpaired) electrons. The molecule has 0 heterocycles. The first kappa shape index (κ1) is 17.7. The minimum Gasteiger partial charge on any atom is -0.496 e. The molecule has 132 valence electrons. The van der Waals surface area contributed by atoms with Crippen LogP contribution >= 0.6 is 0 Å². The molecule has 0 aliphatic heterocycles. The van der Waals surface area contributed by atoms with Gasteiger partial charge in [0.25, 0.3) is 5.91 Å². The van der Waals surface area contributed by atoms with Gasteiger partial charge >= 0.3 is 0 Å². The Bertz CT molecular complexity index is 873. The molecular weight excluding hydrogens is 322 g/mol. The van der Waals surface area contributed by atoms with E-state index >= 15 is 0 Å². The van der Waals surface area contributed by atoms with Crippen LogP contribution in [0.25, 0.3) is 0 Å². The molecule has 0 unspecified atom stereocenters. The number of rotatable bonds is 5. The van der Waals surface area contributed by atoms with E-state index in [1.54, 1.807) is 12.0 Å². The number of methoxy groups -OCH3 is 1. The number of ether oxygens (including phenoxy) is 1. The van der Waals surface area contributed by atoms with Crippen molar-refractivity contribution in [2.24, 2.45) is 0 Å². The highest BCUT2D eigenvalue weighted by atomic mass is 16.5. The lowest BCUT2D eigenvalue weighted by molar-refractivity contribution is 0.0999. The van der Waals surface area contributed by atoms with Crippen LogP contribution in [0.3, 0.4) is 0 Å². The molecule has 3 rings (SSSR count). The summed E-state index contributed by atoms with van der Waals surface area (Å²) in [5, 5.41) is 0. The number of carbonyl (C=O) groups excluding carboxylic acids is 1. The molecule has 0 saturated heterocycles. The fraction of sp³-hybridized carbons (Fsp3) is 0.174. The van der Waals surface area contributed by atoms with Crippen LogP contribution in [-0.4, -0.2) is 13.0 Å². The standard InChI is InChI=1S/C23H23NO2/c1-17(2)21-15-14-20(16-22(21)26-3)24(19-12-8-5-9-13-19)23(25)18-10-6-4-7-11-18/h4-17H,1-3H3. The largest absolute Gasteiger partial charge is 0.496 e. The van der Waals surface area contributed by atoms with Crippen LogP contribution < -0.4 is 9.64 Å². The van der Waals surface area contributed by atoms with E-state index < -0.39 is 0 Å². The van der Waals surface area contributed by atoms with Crippen LogP contribution in [0.4, 0.5) is 11.4 Å². The molecule has 0 saturated carbocycles. The zero-order chi connectivity index (χ0) is 18.5. The van der Waals surface area contributed by atoms with Gasteiger partial charge in [0.15, 0.2) is 0 Å². The molecule has 3 heteroatoms. The molecule has 0 fully saturated rings. The summed E-state index contributed by atoms with van der Waals surface area (Å²) in [6.45, 7) is 4.25. The molecule has 0 bridgehead atoms. The lowest BCUT2D eigenvalue weighted by atomic mass is 10.0. The summed E-state index contributed by atoms with van der Waals surface area (Å²) >= 11 is 0. The number of hydrogen-bond donors (Lipinski definition) is 0. The Morgan fingerprint density at radius 1 is 0.846 bits per heavy atom. The monoisotopic (exact) mass is 345 g/mol. The van der Waals surface area contributed by atoms with Gasteiger partial charge in [-0.15, -0.1) is 0 Å². The lowest BCUT2D eigenvalue weighted by Gasteiger charge is -2.24. The van der Waals surface area contributed by atoms with Gasteiger partial charge in [-0.1, -0.05) is 56.3 Å². The first-order valence-corrected chi connectivity index (χ1v) is 8.74. The van der Waals surface area contributed by atoms with Gasteiger partial charge in [-0.05, 0) is 41.8 Å². The summed E-state index contributed by atoms with van der Waals surface area (Å²) in [4.78, 5) is 15.0. The van der Waals surface area contributed by atoms with E-state index in [1.807, 2.05) is 78.9 Å². The molecule has 0 aromatic heterocycles. The van der Waals surface area contributed by atoms with Crippen LogP contribution in [0.2, 0.25) is 0 Å². The van der Waals surface area contributed by atoms with Gasteiger partial charge in [-0.25, -0.2) is 0 Å². The number of amides is 1. The topological polar surface area (TPSA) is 29.5 Å². The normalized spacial score (nSPS) is 10.6. The highest BCUT2D eigenvalue weighted by molar-refractivity contribution is 6.11. The molecule has 1 amide bonds. The van der Waals surface area contributed by atoms with E-state index in [-0.39, 0.29) is 5.91 Å². The van der Waals surface area contributed by atoms with Gasteiger partial charge < -0.3 is 4.74 Å². The van der Waals surface area contributed by atoms with Gasteiger partial charge in [0, 0.05) is 17.3 Å². The quantitative estimate of drug-likeness (QED) is 0.585. The van der Waals surface area contributed by atoms with Crippen molar-refractivity contribution in [3.63, 3.8) is 0 Å². The van der Waals surface area contributed by atoms with Crippen molar-refractivity contribution < 1.29 is 9.53 Å². The van der Waals surface area contributed by atoms with Crippen molar-refractivity contribution in [2.75, 3.05) is 12.0 Å². The van der Waals surface area contributed by atoms with Crippen molar-refractivity contribution >= 4 is 17.3 Å². The third-order valence-corrected chi connectivity index (χ3v) is 4.34. The number of hydrogen-bond acceptors (Lipinski definition) is 2. The zero-order valence-electron chi connectivity index (χ0n) is 15.3. The highest BCUT2D eigenvalue weighted by Gasteiger charge is 2.21. The molecule has 0 N–H and O–H groups in total. The van der Waals surface area contributed by atoms with Crippen molar-refractivity contribution in [3.05, 3.63) is 90.0 Å². The molecule has 0 aliphatic rings. The maximum Gasteiger partial charge on any atom is 0.262 e. The van der Waals surface area contributed by atoms with Gasteiger partial charge in [0.2, 0.25) is 0 Å². The first-order valence-electron chi connectivity index (χ1n) is 8.74. The Balaban J connectivity index is 2.11. The smallest absolute Gasteiger partial charge is 0.262 e. The summed E-state index contributed by atoms with van der Waals surface area (Å²) in [5.74, 6) is 1.06. The molecule has 26 heavy (non-hydrogen) atoms. The summed E-state index contributed by atoms with van der Waals surface area (Å²) < 4.78 is 5.58. The molecule has 3 aromatic carbocycles. The van der Waals surface area contributed by atoms with E-state index in [0.29, 0.717) is 11.5 Å². The Morgan fingerprint density at radius 2 is 1.46 bits per heavy atom. The Hall–Kier alpha value is -3.07. The Labute approximate surface area is 154 Å². The zero-order valence-corrected chi connectivity index (χ0v) is 15.3. The Morgan fingerprint density at radius 3 is 2.04 bits per heavy atom. The number of para-hydroxylation sites is 1. The van der Waals surface area contributed by atoms with E-state index in [0.717, 1.165) is 22.7 Å². The van der Waals surface area contributed by atoms with Gasteiger partial charge in [-0.2, -0.15) is 0 Å². The average molecular weight is 345 g/mol. The minimum absolute atomic E-state index is 0.0730. The molecule has 0 atom stereocenters. The predicted molar refractivity (Wildman–Crippen MR) is 106 cm³/mol. The third-order valence-electron chi connectivity index (χ3n) is 4.34. The van der Waals surface area contributed by atoms with Gasteiger partial charge in [0.05, 0.1) is 12.8 Å². The van der Waals surface area contributed by atoms with Gasteiger partial charge in [0.1, 0.15) is 5.75 Å². The number of carbonyl (C=O) groups is 1. The molecule has 0 spiro atoms. The summed E-state index contributed by atoms with van der Waals surface area (Å²) in [7, 11) is 1.66. The van der Waals surface area contributed by atoms with Crippen LogP contribution in [0.15, 0.2) is 78.9 Å². The second-order valence-electron chi connectivity index (χ2n) is 6.42. The van der Waals surface area contributed by atoms with E-state index in [9.17, 15) is 4.79 Å². The highest BCUT2D eigenvalue weighted by Crippen LogP contribution is 2.34. The lowest BCUT2D eigenvalue weighted by Crippen LogP contribution is -2.26.